The highest BCUT2D eigenvalue weighted by molar-refractivity contribution is 5.84. The van der Waals surface area contributed by atoms with E-state index in [4.69, 9.17) is 10.8 Å². The van der Waals surface area contributed by atoms with E-state index in [-0.39, 0.29) is 19.3 Å². The molecule has 0 aliphatic heterocycles. The molecule has 2 atom stereocenters. The Morgan fingerprint density at radius 1 is 1.36 bits per heavy atom. The van der Waals surface area contributed by atoms with Crippen molar-refractivity contribution < 1.29 is 24.6 Å². The lowest BCUT2D eigenvalue weighted by atomic mass is 10.0. The SMILES string of the molecule is C=Cc1[nH]cc(C[C@@H](NC(=O)CC[C@@H](N)C(=O)O)C(=O)O)c1/C=C\C. The fraction of sp³-hybridized carbons (Fsp3) is 0.353. The van der Waals surface area contributed by atoms with Gasteiger partial charge >= 0.3 is 11.9 Å². The molecule has 0 aliphatic carbocycles. The van der Waals surface area contributed by atoms with Gasteiger partial charge in [0.1, 0.15) is 12.1 Å². The van der Waals surface area contributed by atoms with Gasteiger partial charge in [-0.3, -0.25) is 9.59 Å². The number of aromatic amines is 1. The summed E-state index contributed by atoms with van der Waals surface area (Å²) in [6.07, 6.45) is 6.80. The zero-order valence-electron chi connectivity index (χ0n) is 14.0. The van der Waals surface area contributed by atoms with Gasteiger partial charge in [-0.15, -0.1) is 0 Å². The summed E-state index contributed by atoms with van der Waals surface area (Å²) in [6, 6.07) is -2.29. The van der Waals surface area contributed by atoms with Crippen LogP contribution in [0.3, 0.4) is 0 Å². The number of H-pyrrole nitrogens is 1. The van der Waals surface area contributed by atoms with E-state index in [1.807, 2.05) is 19.1 Å². The Balaban J connectivity index is 2.80. The molecule has 0 saturated carbocycles. The molecule has 1 aromatic rings. The first kappa shape index (κ1) is 20.2. The van der Waals surface area contributed by atoms with Gasteiger partial charge in [-0.05, 0) is 25.0 Å². The van der Waals surface area contributed by atoms with Crippen LogP contribution in [0.2, 0.25) is 0 Å². The van der Waals surface area contributed by atoms with E-state index < -0.39 is 29.9 Å². The zero-order chi connectivity index (χ0) is 19.0. The number of nitrogens with two attached hydrogens (primary N) is 1. The zero-order valence-corrected chi connectivity index (χ0v) is 14.0. The second-order valence-corrected chi connectivity index (χ2v) is 5.49. The van der Waals surface area contributed by atoms with Crippen LogP contribution in [-0.2, 0) is 20.8 Å². The number of carboxylic acids is 2. The van der Waals surface area contributed by atoms with Crippen molar-refractivity contribution in [3.05, 3.63) is 35.7 Å². The van der Waals surface area contributed by atoms with Gasteiger partial charge < -0.3 is 26.2 Å². The number of hydrogen-bond donors (Lipinski definition) is 5. The molecular formula is C17H23N3O5. The number of carboxylic acid groups (broad SMARTS) is 2. The summed E-state index contributed by atoms with van der Waals surface area (Å²) in [5.74, 6) is -2.94. The first-order valence-electron chi connectivity index (χ1n) is 7.76. The maximum absolute atomic E-state index is 11.9. The van der Waals surface area contributed by atoms with E-state index in [0.717, 1.165) is 16.8 Å². The van der Waals surface area contributed by atoms with Crippen molar-refractivity contribution in [2.75, 3.05) is 0 Å². The normalized spacial score (nSPS) is 13.4. The van der Waals surface area contributed by atoms with E-state index in [1.54, 1.807) is 12.3 Å². The molecule has 0 unspecified atom stereocenters. The third-order valence-electron chi connectivity index (χ3n) is 3.63. The van der Waals surface area contributed by atoms with Crippen molar-refractivity contribution in [1.29, 1.82) is 0 Å². The molecule has 1 rings (SSSR count). The first-order valence-corrected chi connectivity index (χ1v) is 7.76. The smallest absolute Gasteiger partial charge is 0.326 e. The van der Waals surface area contributed by atoms with E-state index in [2.05, 4.69) is 16.9 Å². The maximum Gasteiger partial charge on any atom is 0.326 e. The predicted octanol–water partition coefficient (Wildman–Crippen LogP) is 0.995. The van der Waals surface area contributed by atoms with Crippen molar-refractivity contribution in [2.24, 2.45) is 5.73 Å². The van der Waals surface area contributed by atoms with Crippen LogP contribution in [0.5, 0.6) is 0 Å². The Morgan fingerprint density at radius 3 is 2.56 bits per heavy atom. The summed E-state index contributed by atoms with van der Waals surface area (Å²) < 4.78 is 0. The number of carbonyl (C=O) groups excluding carboxylic acids is 1. The van der Waals surface area contributed by atoms with Gasteiger partial charge in [0, 0.05) is 30.3 Å². The Hall–Kier alpha value is -2.87. The Bertz CT molecular complexity index is 678. The summed E-state index contributed by atoms with van der Waals surface area (Å²) in [6.45, 7) is 5.53. The Kier molecular flexibility index (Phi) is 7.61. The van der Waals surface area contributed by atoms with Crippen molar-refractivity contribution in [3.63, 3.8) is 0 Å². The molecule has 0 aliphatic rings. The number of amides is 1. The van der Waals surface area contributed by atoms with Crippen LogP contribution in [0.15, 0.2) is 18.9 Å². The Morgan fingerprint density at radius 2 is 2.04 bits per heavy atom. The van der Waals surface area contributed by atoms with Gasteiger partial charge in [0.25, 0.3) is 0 Å². The monoisotopic (exact) mass is 349 g/mol. The van der Waals surface area contributed by atoms with E-state index in [1.165, 1.54) is 0 Å². The molecule has 1 amide bonds. The average molecular weight is 349 g/mol. The van der Waals surface area contributed by atoms with E-state index in [0.29, 0.717) is 0 Å². The molecule has 0 radical (unpaired) electrons. The van der Waals surface area contributed by atoms with Crippen LogP contribution in [0.25, 0.3) is 12.2 Å². The minimum Gasteiger partial charge on any atom is -0.480 e. The highest BCUT2D eigenvalue weighted by atomic mass is 16.4. The molecule has 0 fully saturated rings. The molecule has 25 heavy (non-hydrogen) atoms. The second-order valence-electron chi connectivity index (χ2n) is 5.49. The minimum atomic E-state index is -1.21. The predicted molar refractivity (Wildman–Crippen MR) is 93.7 cm³/mol. The summed E-state index contributed by atoms with van der Waals surface area (Å²) in [4.78, 5) is 37.0. The van der Waals surface area contributed by atoms with Crippen molar-refractivity contribution in [1.82, 2.24) is 10.3 Å². The first-order chi connectivity index (χ1) is 11.8. The highest BCUT2D eigenvalue weighted by Gasteiger charge is 2.23. The topological polar surface area (TPSA) is 146 Å². The second kappa shape index (κ2) is 9.43. The highest BCUT2D eigenvalue weighted by Crippen LogP contribution is 2.19. The van der Waals surface area contributed by atoms with Gasteiger partial charge in [0.05, 0.1) is 0 Å². The summed E-state index contributed by atoms with van der Waals surface area (Å²) in [5, 5.41) is 20.5. The summed E-state index contributed by atoms with van der Waals surface area (Å²) in [7, 11) is 0. The number of aliphatic carboxylic acids is 2. The van der Waals surface area contributed by atoms with Crippen molar-refractivity contribution >= 4 is 30.0 Å². The summed E-state index contributed by atoms with van der Waals surface area (Å²) >= 11 is 0. The largest absolute Gasteiger partial charge is 0.480 e. The fourth-order valence-electron chi connectivity index (χ4n) is 2.29. The molecule has 0 spiro atoms. The van der Waals surface area contributed by atoms with Crippen molar-refractivity contribution in [3.8, 4) is 0 Å². The molecular weight excluding hydrogens is 326 g/mol. The Labute approximate surface area is 145 Å². The maximum atomic E-state index is 11.9. The van der Waals surface area contributed by atoms with Gasteiger partial charge in [0.15, 0.2) is 0 Å². The molecule has 1 heterocycles. The quantitative estimate of drug-likeness (QED) is 0.426. The molecule has 0 aromatic carbocycles. The van der Waals surface area contributed by atoms with Crippen molar-refractivity contribution in [2.45, 2.75) is 38.3 Å². The molecule has 1 aromatic heterocycles. The number of rotatable bonds is 10. The third kappa shape index (κ3) is 5.92. The van der Waals surface area contributed by atoms with Crippen LogP contribution in [0, 0.1) is 0 Å². The van der Waals surface area contributed by atoms with Crippen LogP contribution in [0.1, 0.15) is 36.6 Å². The van der Waals surface area contributed by atoms with Gasteiger partial charge in [-0.2, -0.15) is 0 Å². The molecule has 0 bridgehead atoms. The van der Waals surface area contributed by atoms with Crippen LogP contribution in [-0.4, -0.2) is 45.1 Å². The third-order valence-corrected chi connectivity index (χ3v) is 3.63. The number of allylic oxidation sites excluding steroid dienone is 1. The van der Waals surface area contributed by atoms with E-state index in [9.17, 15) is 19.5 Å². The minimum absolute atomic E-state index is 0.0674. The number of aromatic nitrogens is 1. The standard InChI is InChI=1S/C17H23N3O5/c1-3-5-11-10(9-19-13(11)4-2)8-14(17(24)25)20-15(21)7-6-12(18)16(22)23/h3-5,9,12,14,19H,2,6-8,18H2,1H3,(H,20,21)(H,22,23)(H,24,25)/b5-3-/t12-,14-/m1/s1. The lowest BCUT2D eigenvalue weighted by Crippen LogP contribution is -2.43. The van der Waals surface area contributed by atoms with Crippen LogP contribution >= 0.6 is 0 Å². The van der Waals surface area contributed by atoms with Gasteiger partial charge in [-0.25, -0.2) is 4.79 Å². The van der Waals surface area contributed by atoms with Crippen LogP contribution < -0.4 is 11.1 Å². The average Bonchev–Trinajstić information content (AvgIpc) is 2.94. The van der Waals surface area contributed by atoms with Gasteiger partial charge in [-0.1, -0.05) is 18.7 Å². The molecule has 136 valence electrons. The van der Waals surface area contributed by atoms with Gasteiger partial charge in [0.2, 0.25) is 5.91 Å². The molecule has 8 nitrogen and oxygen atoms in total. The lowest BCUT2D eigenvalue weighted by Gasteiger charge is -2.15. The molecule has 8 heteroatoms. The number of hydrogen-bond acceptors (Lipinski definition) is 4. The number of nitrogens with one attached hydrogen (secondary N) is 2. The van der Waals surface area contributed by atoms with Crippen LogP contribution in [0.4, 0.5) is 0 Å². The molecule has 0 saturated heterocycles. The lowest BCUT2D eigenvalue weighted by molar-refractivity contribution is -0.142. The summed E-state index contributed by atoms with van der Waals surface area (Å²) in [5.41, 5.74) is 7.63. The van der Waals surface area contributed by atoms with E-state index >= 15 is 0 Å². The fourth-order valence-corrected chi connectivity index (χ4v) is 2.29. The number of carbonyl (C=O) groups is 3. The molecule has 6 N–H and O–H groups in total.